The van der Waals surface area contributed by atoms with Crippen molar-refractivity contribution in [2.24, 2.45) is 0 Å². The first-order valence-electron chi connectivity index (χ1n) is 5.29. The van der Waals surface area contributed by atoms with E-state index < -0.39 is 0 Å². The van der Waals surface area contributed by atoms with Gasteiger partial charge >= 0.3 is 0 Å². The topological polar surface area (TPSA) is 29.1 Å². The van der Waals surface area contributed by atoms with Crippen LogP contribution in [0.3, 0.4) is 0 Å². The highest BCUT2D eigenvalue weighted by molar-refractivity contribution is 7.16. The lowest BCUT2D eigenvalue weighted by Gasteiger charge is -2.04. The zero-order valence-corrected chi connectivity index (χ0v) is 10.7. The fraction of sp³-hybridized carbons (Fsp3) is 0.154. The van der Waals surface area contributed by atoms with Crippen molar-refractivity contribution in [3.05, 3.63) is 51.7 Å². The molecule has 88 valence electrons. The van der Waals surface area contributed by atoms with E-state index in [0.29, 0.717) is 13.0 Å². The second-order valence-electron chi connectivity index (χ2n) is 3.64. The molecule has 0 radical (unpaired) electrons. The minimum absolute atomic E-state index is 0.160. The number of anilines is 1. The molecule has 4 heteroatoms. The summed E-state index contributed by atoms with van der Waals surface area (Å²) in [6.45, 7) is 0.347. The Morgan fingerprint density at radius 1 is 1.18 bits per heavy atom. The van der Waals surface area contributed by atoms with Gasteiger partial charge in [-0.05, 0) is 24.3 Å². The maximum absolute atomic E-state index is 11.7. The van der Waals surface area contributed by atoms with Crippen molar-refractivity contribution >= 4 is 34.4 Å². The largest absolute Gasteiger partial charge is 0.378 e. The molecular weight excluding hydrogens is 254 g/mol. The van der Waals surface area contributed by atoms with E-state index in [1.54, 1.807) is 0 Å². The summed E-state index contributed by atoms with van der Waals surface area (Å²) in [6.07, 6.45) is 0.442. The Kier molecular flexibility index (Phi) is 4.18. The zero-order chi connectivity index (χ0) is 12.1. The number of carbonyl (C=O) groups excluding carboxylic acids is 1. The monoisotopic (exact) mass is 265 g/mol. The average molecular weight is 266 g/mol. The van der Waals surface area contributed by atoms with E-state index in [1.165, 1.54) is 11.3 Å². The number of thiophene rings is 1. The molecule has 0 saturated carbocycles. The number of halogens is 1. The van der Waals surface area contributed by atoms with Gasteiger partial charge in [0.05, 0.1) is 10.9 Å². The van der Waals surface area contributed by atoms with Crippen molar-refractivity contribution in [1.29, 1.82) is 0 Å². The number of hydrogen-bond donors (Lipinski definition) is 1. The molecule has 2 aromatic rings. The van der Waals surface area contributed by atoms with Gasteiger partial charge in [0.1, 0.15) is 0 Å². The third-order valence-electron chi connectivity index (χ3n) is 2.26. The normalized spacial score (nSPS) is 10.2. The minimum Gasteiger partial charge on any atom is -0.378 e. The van der Waals surface area contributed by atoms with Crippen LogP contribution < -0.4 is 5.32 Å². The lowest BCUT2D eigenvalue weighted by molar-refractivity contribution is -0.116. The third kappa shape index (κ3) is 3.88. The van der Waals surface area contributed by atoms with E-state index in [0.717, 1.165) is 14.9 Å². The molecule has 0 aliphatic carbocycles. The Hall–Kier alpha value is -1.32. The number of rotatable bonds is 5. The summed E-state index contributed by atoms with van der Waals surface area (Å²) in [5, 5.41) is 3.09. The van der Waals surface area contributed by atoms with Crippen LogP contribution in [0, 0.1) is 0 Å². The van der Waals surface area contributed by atoms with Crippen molar-refractivity contribution in [1.82, 2.24) is 0 Å². The van der Waals surface area contributed by atoms with Crippen LogP contribution in [0.25, 0.3) is 0 Å². The highest BCUT2D eigenvalue weighted by atomic mass is 35.5. The average Bonchev–Trinajstić information content (AvgIpc) is 2.73. The molecular formula is C13H12ClNOS. The number of para-hydroxylation sites is 1. The van der Waals surface area contributed by atoms with E-state index >= 15 is 0 Å². The van der Waals surface area contributed by atoms with Gasteiger partial charge in [-0.2, -0.15) is 0 Å². The Morgan fingerprint density at radius 2 is 1.94 bits per heavy atom. The number of Topliss-reactive ketones (excluding diaryl/α,β-unsaturated/α-hetero) is 1. The van der Waals surface area contributed by atoms with Gasteiger partial charge in [0, 0.05) is 17.0 Å². The van der Waals surface area contributed by atoms with E-state index in [2.05, 4.69) is 5.32 Å². The summed E-state index contributed by atoms with van der Waals surface area (Å²) >= 11 is 7.26. The second-order valence-corrected chi connectivity index (χ2v) is 5.44. The summed E-state index contributed by atoms with van der Waals surface area (Å²) in [5.41, 5.74) is 0.963. The first-order valence-corrected chi connectivity index (χ1v) is 6.48. The lowest BCUT2D eigenvalue weighted by atomic mass is 10.2. The summed E-state index contributed by atoms with van der Waals surface area (Å²) in [6, 6.07) is 13.4. The summed E-state index contributed by atoms with van der Waals surface area (Å²) in [7, 11) is 0. The van der Waals surface area contributed by atoms with Crippen LogP contribution in [-0.4, -0.2) is 12.3 Å². The summed E-state index contributed by atoms with van der Waals surface area (Å²) in [4.78, 5) is 12.7. The molecule has 0 bridgehead atoms. The van der Waals surface area contributed by atoms with Crippen LogP contribution >= 0.6 is 22.9 Å². The van der Waals surface area contributed by atoms with Crippen molar-refractivity contribution in [3.63, 3.8) is 0 Å². The van der Waals surface area contributed by atoms with Crippen molar-refractivity contribution in [3.8, 4) is 0 Å². The van der Waals surface area contributed by atoms with E-state index in [4.69, 9.17) is 11.6 Å². The fourth-order valence-electron chi connectivity index (χ4n) is 1.46. The van der Waals surface area contributed by atoms with Crippen LogP contribution in [0.15, 0.2) is 42.5 Å². The maximum atomic E-state index is 11.7. The first-order chi connectivity index (χ1) is 8.24. The number of nitrogens with one attached hydrogen (secondary N) is 1. The van der Waals surface area contributed by atoms with Crippen LogP contribution in [0.2, 0.25) is 4.34 Å². The maximum Gasteiger partial charge on any atom is 0.157 e. The SMILES string of the molecule is O=C(CNc1ccccc1)Cc1ccc(Cl)s1. The molecule has 1 aromatic heterocycles. The van der Waals surface area contributed by atoms with Gasteiger partial charge in [0.15, 0.2) is 5.78 Å². The molecule has 0 aliphatic rings. The van der Waals surface area contributed by atoms with Crippen molar-refractivity contribution in [2.75, 3.05) is 11.9 Å². The van der Waals surface area contributed by atoms with Gasteiger partial charge in [-0.3, -0.25) is 4.79 Å². The molecule has 1 N–H and O–H groups in total. The van der Waals surface area contributed by atoms with E-state index in [-0.39, 0.29) is 5.78 Å². The van der Waals surface area contributed by atoms with Crippen LogP contribution in [0.5, 0.6) is 0 Å². The first kappa shape index (κ1) is 12.1. The molecule has 2 rings (SSSR count). The predicted molar refractivity (Wildman–Crippen MR) is 73.0 cm³/mol. The van der Waals surface area contributed by atoms with Crippen LogP contribution in [0.4, 0.5) is 5.69 Å². The summed E-state index contributed by atoms with van der Waals surface area (Å²) in [5.74, 6) is 0.160. The third-order valence-corrected chi connectivity index (χ3v) is 3.49. The highest BCUT2D eigenvalue weighted by Crippen LogP contribution is 2.21. The lowest BCUT2D eigenvalue weighted by Crippen LogP contribution is -2.15. The summed E-state index contributed by atoms with van der Waals surface area (Å²) < 4.78 is 0.726. The molecule has 0 atom stereocenters. The molecule has 1 heterocycles. The number of benzene rings is 1. The Morgan fingerprint density at radius 3 is 2.59 bits per heavy atom. The van der Waals surface area contributed by atoms with Gasteiger partial charge in [-0.1, -0.05) is 29.8 Å². The molecule has 0 aliphatic heterocycles. The Balaban J connectivity index is 1.82. The van der Waals surface area contributed by atoms with Crippen molar-refractivity contribution < 1.29 is 4.79 Å². The predicted octanol–water partition coefficient (Wildman–Crippen LogP) is 3.63. The molecule has 0 fully saturated rings. The number of ketones is 1. The van der Waals surface area contributed by atoms with Crippen molar-refractivity contribution in [2.45, 2.75) is 6.42 Å². The highest BCUT2D eigenvalue weighted by Gasteiger charge is 2.05. The quantitative estimate of drug-likeness (QED) is 0.895. The van der Waals surface area contributed by atoms with Crippen LogP contribution in [-0.2, 0) is 11.2 Å². The standard InChI is InChI=1S/C13H12ClNOS/c14-13-7-6-12(17-13)8-11(16)9-15-10-4-2-1-3-5-10/h1-7,15H,8-9H2. The van der Waals surface area contributed by atoms with Gasteiger partial charge in [-0.25, -0.2) is 0 Å². The molecule has 0 unspecified atom stereocenters. The fourth-order valence-corrected chi connectivity index (χ4v) is 2.58. The molecule has 0 saturated heterocycles. The number of carbonyl (C=O) groups is 1. The Bertz CT molecular complexity index is 495. The van der Waals surface area contributed by atoms with E-state index in [9.17, 15) is 4.79 Å². The number of hydrogen-bond acceptors (Lipinski definition) is 3. The van der Waals surface area contributed by atoms with Gasteiger partial charge in [-0.15, -0.1) is 11.3 Å². The zero-order valence-electron chi connectivity index (χ0n) is 9.15. The molecule has 17 heavy (non-hydrogen) atoms. The van der Waals surface area contributed by atoms with E-state index in [1.807, 2.05) is 42.5 Å². The van der Waals surface area contributed by atoms with Crippen LogP contribution in [0.1, 0.15) is 4.88 Å². The van der Waals surface area contributed by atoms with Gasteiger partial charge in [0.2, 0.25) is 0 Å². The van der Waals surface area contributed by atoms with Gasteiger partial charge in [0.25, 0.3) is 0 Å². The molecule has 2 nitrogen and oxygen atoms in total. The smallest absolute Gasteiger partial charge is 0.157 e. The second kappa shape index (κ2) is 5.84. The Labute approximate surface area is 109 Å². The minimum atomic E-state index is 0.160. The molecule has 1 aromatic carbocycles. The van der Waals surface area contributed by atoms with Gasteiger partial charge < -0.3 is 5.32 Å². The molecule has 0 amide bonds. The molecule has 0 spiro atoms.